The van der Waals surface area contributed by atoms with Crippen molar-refractivity contribution in [2.24, 2.45) is 0 Å². The normalized spacial score (nSPS) is 21.8. The van der Waals surface area contributed by atoms with Gasteiger partial charge in [-0.15, -0.1) is 11.6 Å². The first-order valence-electron chi connectivity index (χ1n) is 5.20. The quantitative estimate of drug-likeness (QED) is 0.558. The van der Waals surface area contributed by atoms with Crippen LogP contribution in [0.4, 0.5) is 0 Å². The highest BCUT2D eigenvalue weighted by molar-refractivity contribution is 6.18. The smallest absolute Gasteiger partial charge is 0.224 e. The number of likely N-dealkylation sites (tertiary alicyclic amines) is 1. The molecule has 0 bridgehead atoms. The van der Waals surface area contributed by atoms with E-state index >= 15 is 0 Å². The van der Waals surface area contributed by atoms with Crippen LogP contribution in [0.15, 0.2) is 30.3 Å². The molecular formula is C12H14ClNO. The van der Waals surface area contributed by atoms with E-state index in [9.17, 15) is 4.79 Å². The van der Waals surface area contributed by atoms with Crippen molar-refractivity contribution in [1.82, 2.24) is 4.90 Å². The number of nitrogens with zero attached hydrogens (tertiary/aromatic N) is 1. The zero-order valence-corrected chi connectivity index (χ0v) is 9.28. The fourth-order valence-electron chi connectivity index (χ4n) is 2.01. The van der Waals surface area contributed by atoms with Gasteiger partial charge in [-0.3, -0.25) is 4.79 Å². The van der Waals surface area contributed by atoms with Crippen molar-refractivity contribution in [2.45, 2.75) is 18.8 Å². The van der Waals surface area contributed by atoms with E-state index in [4.69, 9.17) is 11.6 Å². The highest BCUT2D eigenvalue weighted by Gasteiger charge is 2.25. The highest BCUT2D eigenvalue weighted by Crippen LogP contribution is 2.28. The molecule has 1 unspecified atom stereocenters. The molecule has 1 saturated heterocycles. The van der Waals surface area contributed by atoms with E-state index in [-0.39, 0.29) is 5.91 Å². The van der Waals surface area contributed by atoms with E-state index in [1.807, 2.05) is 18.2 Å². The third-order valence-electron chi connectivity index (χ3n) is 2.94. The fraction of sp³-hybridized carbons (Fsp3) is 0.417. The van der Waals surface area contributed by atoms with Gasteiger partial charge < -0.3 is 4.90 Å². The lowest BCUT2D eigenvalue weighted by molar-refractivity contribution is -0.132. The molecule has 2 nitrogen and oxygen atoms in total. The van der Waals surface area contributed by atoms with E-state index in [2.05, 4.69) is 12.1 Å². The molecule has 1 fully saturated rings. The molecule has 0 aliphatic carbocycles. The fourth-order valence-corrected chi connectivity index (χ4v) is 2.27. The number of rotatable bonds is 2. The Morgan fingerprint density at radius 3 is 2.67 bits per heavy atom. The summed E-state index contributed by atoms with van der Waals surface area (Å²) >= 11 is 5.67. The number of piperidine rings is 1. The summed E-state index contributed by atoms with van der Waals surface area (Å²) in [6.45, 7) is 0.780. The summed E-state index contributed by atoms with van der Waals surface area (Å²) in [5.74, 6) is 0.545. The summed E-state index contributed by atoms with van der Waals surface area (Å²) in [4.78, 5) is 13.4. The molecule has 1 aromatic carbocycles. The van der Waals surface area contributed by atoms with Crippen LogP contribution < -0.4 is 0 Å². The van der Waals surface area contributed by atoms with E-state index in [1.165, 1.54) is 5.56 Å². The Kier molecular flexibility index (Phi) is 3.27. The number of hydrogen-bond acceptors (Lipinski definition) is 1. The van der Waals surface area contributed by atoms with Crippen LogP contribution in [0.25, 0.3) is 0 Å². The molecule has 0 aromatic heterocycles. The number of alkyl halides is 1. The summed E-state index contributed by atoms with van der Waals surface area (Å²) in [6, 6.07) is 10.5. The van der Waals surface area contributed by atoms with Crippen LogP contribution in [-0.4, -0.2) is 23.4 Å². The Bertz CT molecular complexity index is 339. The van der Waals surface area contributed by atoms with E-state index in [0.717, 1.165) is 13.0 Å². The predicted molar refractivity (Wildman–Crippen MR) is 60.9 cm³/mol. The highest BCUT2D eigenvalue weighted by atomic mass is 35.5. The SMILES string of the molecule is O=C1CC(c2ccccc2)CCN1CCl. The Hall–Kier alpha value is -1.02. The van der Waals surface area contributed by atoms with Crippen molar-refractivity contribution in [3.05, 3.63) is 35.9 Å². The van der Waals surface area contributed by atoms with Gasteiger partial charge >= 0.3 is 0 Å². The number of hydrogen-bond donors (Lipinski definition) is 0. The molecular weight excluding hydrogens is 210 g/mol. The predicted octanol–water partition coefficient (Wildman–Crippen LogP) is 2.59. The topological polar surface area (TPSA) is 20.3 Å². The molecule has 1 atom stereocenters. The number of amides is 1. The minimum atomic E-state index is 0.171. The molecule has 1 aliphatic rings. The summed E-state index contributed by atoms with van der Waals surface area (Å²) < 4.78 is 0. The van der Waals surface area contributed by atoms with Gasteiger partial charge in [0.05, 0.1) is 6.00 Å². The average molecular weight is 224 g/mol. The third-order valence-corrected chi connectivity index (χ3v) is 3.23. The van der Waals surface area contributed by atoms with E-state index in [1.54, 1.807) is 4.90 Å². The average Bonchev–Trinajstić information content (AvgIpc) is 2.30. The van der Waals surface area contributed by atoms with Crippen LogP contribution in [-0.2, 0) is 4.79 Å². The van der Waals surface area contributed by atoms with Crippen LogP contribution in [0.3, 0.4) is 0 Å². The van der Waals surface area contributed by atoms with Gasteiger partial charge in [0.1, 0.15) is 0 Å². The Morgan fingerprint density at radius 1 is 1.33 bits per heavy atom. The lowest BCUT2D eigenvalue weighted by Crippen LogP contribution is -2.37. The second kappa shape index (κ2) is 4.67. The largest absolute Gasteiger partial charge is 0.329 e. The standard InChI is InChI=1S/C12H14ClNO/c13-9-14-7-6-11(8-12(14)15)10-4-2-1-3-5-10/h1-5,11H,6-9H2. The number of benzene rings is 1. The number of carbonyl (C=O) groups is 1. The molecule has 0 N–H and O–H groups in total. The molecule has 0 saturated carbocycles. The first-order chi connectivity index (χ1) is 7.31. The van der Waals surface area contributed by atoms with Gasteiger partial charge in [0.2, 0.25) is 5.91 Å². The molecule has 0 radical (unpaired) electrons. The molecule has 80 valence electrons. The Balaban J connectivity index is 2.06. The molecule has 1 aromatic rings. The minimum Gasteiger partial charge on any atom is -0.329 e. The minimum absolute atomic E-state index is 0.171. The van der Waals surface area contributed by atoms with Crippen LogP contribution in [0.5, 0.6) is 0 Å². The Morgan fingerprint density at radius 2 is 2.07 bits per heavy atom. The Labute approximate surface area is 94.8 Å². The lowest BCUT2D eigenvalue weighted by Gasteiger charge is -2.30. The number of halogens is 1. The zero-order chi connectivity index (χ0) is 10.7. The maximum Gasteiger partial charge on any atom is 0.224 e. The van der Waals surface area contributed by atoms with Crippen molar-refractivity contribution in [2.75, 3.05) is 12.5 Å². The van der Waals surface area contributed by atoms with Crippen molar-refractivity contribution in [1.29, 1.82) is 0 Å². The van der Waals surface area contributed by atoms with E-state index < -0.39 is 0 Å². The molecule has 2 rings (SSSR count). The van der Waals surface area contributed by atoms with E-state index in [0.29, 0.717) is 18.3 Å². The van der Waals surface area contributed by atoms with Crippen molar-refractivity contribution < 1.29 is 4.79 Å². The molecule has 0 spiro atoms. The van der Waals surface area contributed by atoms with Crippen LogP contribution in [0.2, 0.25) is 0 Å². The summed E-state index contributed by atoms with van der Waals surface area (Å²) in [7, 11) is 0. The van der Waals surface area contributed by atoms with Crippen LogP contribution in [0.1, 0.15) is 24.3 Å². The van der Waals surface area contributed by atoms with Gasteiger partial charge in [0.25, 0.3) is 0 Å². The van der Waals surface area contributed by atoms with Gasteiger partial charge in [0, 0.05) is 13.0 Å². The van der Waals surface area contributed by atoms with Crippen LogP contribution in [0, 0.1) is 0 Å². The first kappa shape index (κ1) is 10.5. The summed E-state index contributed by atoms with van der Waals surface area (Å²) in [5.41, 5.74) is 1.26. The molecule has 3 heteroatoms. The van der Waals surface area contributed by atoms with Gasteiger partial charge in [-0.1, -0.05) is 30.3 Å². The van der Waals surface area contributed by atoms with Gasteiger partial charge in [-0.25, -0.2) is 0 Å². The summed E-state index contributed by atoms with van der Waals surface area (Å²) in [6.07, 6.45) is 1.61. The third kappa shape index (κ3) is 2.32. The molecule has 1 amide bonds. The molecule has 15 heavy (non-hydrogen) atoms. The number of carbonyl (C=O) groups excluding carboxylic acids is 1. The second-order valence-electron chi connectivity index (χ2n) is 3.88. The van der Waals surface area contributed by atoms with Gasteiger partial charge in [-0.2, -0.15) is 0 Å². The van der Waals surface area contributed by atoms with Crippen molar-refractivity contribution in [3.8, 4) is 0 Å². The second-order valence-corrected chi connectivity index (χ2v) is 4.12. The first-order valence-corrected chi connectivity index (χ1v) is 5.73. The molecule has 1 heterocycles. The monoisotopic (exact) mass is 223 g/mol. The maximum absolute atomic E-state index is 11.7. The van der Waals surface area contributed by atoms with Gasteiger partial charge in [-0.05, 0) is 17.9 Å². The van der Waals surface area contributed by atoms with Gasteiger partial charge in [0.15, 0.2) is 0 Å². The molecule has 1 aliphatic heterocycles. The maximum atomic E-state index is 11.7. The van der Waals surface area contributed by atoms with Crippen LogP contribution >= 0.6 is 11.6 Å². The summed E-state index contributed by atoms with van der Waals surface area (Å²) in [5, 5.41) is 0. The lowest BCUT2D eigenvalue weighted by atomic mass is 9.89. The van der Waals surface area contributed by atoms with Crippen molar-refractivity contribution >= 4 is 17.5 Å². The van der Waals surface area contributed by atoms with Crippen molar-refractivity contribution in [3.63, 3.8) is 0 Å². The zero-order valence-electron chi connectivity index (χ0n) is 8.53.